The van der Waals surface area contributed by atoms with Crippen LogP contribution >= 0.6 is 0 Å². The molecule has 1 aromatic rings. The first kappa shape index (κ1) is 26.9. The summed E-state index contributed by atoms with van der Waals surface area (Å²) in [6.07, 6.45) is 7.04. The van der Waals surface area contributed by atoms with Crippen molar-refractivity contribution in [1.29, 1.82) is 0 Å². The number of hydrogen-bond donors (Lipinski definition) is 2. The van der Waals surface area contributed by atoms with E-state index in [1.54, 1.807) is 19.1 Å². The van der Waals surface area contributed by atoms with Gasteiger partial charge in [-0.1, -0.05) is 70.6 Å². The zero-order valence-corrected chi connectivity index (χ0v) is 19.1. The largest absolute Gasteiger partial charge is 0.481 e. The Morgan fingerprint density at radius 2 is 1.61 bits per heavy atom. The number of aliphatic carboxylic acids is 1. The summed E-state index contributed by atoms with van der Waals surface area (Å²) < 4.78 is 42.8. The van der Waals surface area contributed by atoms with E-state index in [0.29, 0.717) is 5.75 Å². The van der Waals surface area contributed by atoms with Gasteiger partial charge in [0.25, 0.3) is 10.1 Å². The highest BCUT2D eigenvalue weighted by atomic mass is 32.2. The zero-order valence-electron chi connectivity index (χ0n) is 18.3. The zero-order chi connectivity index (χ0) is 23.3. The van der Waals surface area contributed by atoms with Crippen LogP contribution in [0.15, 0.2) is 24.3 Å². The number of carbonyl (C=O) groups excluding carboxylic acids is 1. The van der Waals surface area contributed by atoms with E-state index in [1.807, 2.05) is 12.1 Å². The molecule has 0 spiro atoms. The first-order valence-corrected chi connectivity index (χ1v) is 12.3. The summed E-state index contributed by atoms with van der Waals surface area (Å²) in [4.78, 5) is 23.0. The molecular formula is C22H34O8S. The van der Waals surface area contributed by atoms with Crippen molar-refractivity contribution in [3.8, 4) is 5.75 Å². The predicted octanol–water partition coefficient (Wildman–Crippen LogP) is 4.37. The number of para-hydroxylation sites is 1. The van der Waals surface area contributed by atoms with Crippen LogP contribution in [0.25, 0.3) is 0 Å². The molecule has 0 bridgehead atoms. The van der Waals surface area contributed by atoms with E-state index < -0.39 is 40.0 Å². The molecule has 0 saturated heterocycles. The molecule has 0 aliphatic carbocycles. The first-order chi connectivity index (χ1) is 14.7. The van der Waals surface area contributed by atoms with Gasteiger partial charge in [-0.15, -0.1) is 0 Å². The van der Waals surface area contributed by atoms with E-state index in [2.05, 4.69) is 6.92 Å². The molecule has 9 heteroatoms. The standard InChI is InChI=1S/C22H34O8S/c1-3-5-6-7-8-9-10-13-17-14-11-12-15-18(17)29-21(4-2)30-22(25)19(16-20(23)24)31(26,27)28/h11-12,14-15,19,21H,3-10,13,16H2,1-2H3,(H,23,24)(H,26,27,28). The van der Waals surface area contributed by atoms with Gasteiger partial charge >= 0.3 is 11.9 Å². The minimum absolute atomic E-state index is 0.211. The van der Waals surface area contributed by atoms with Gasteiger partial charge in [-0.25, -0.2) is 0 Å². The molecule has 1 aromatic carbocycles. The van der Waals surface area contributed by atoms with E-state index in [-0.39, 0.29) is 6.42 Å². The highest BCUT2D eigenvalue weighted by Crippen LogP contribution is 2.23. The number of benzene rings is 1. The third-order valence-corrected chi connectivity index (χ3v) is 5.92. The van der Waals surface area contributed by atoms with Gasteiger partial charge in [-0.2, -0.15) is 8.42 Å². The van der Waals surface area contributed by atoms with Crippen LogP contribution in [0.4, 0.5) is 0 Å². The van der Waals surface area contributed by atoms with Crippen molar-refractivity contribution in [1.82, 2.24) is 0 Å². The first-order valence-electron chi connectivity index (χ1n) is 10.8. The molecule has 0 aliphatic heterocycles. The maximum Gasteiger partial charge on any atom is 0.330 e. The second-order valence-corrected chi connectivity index (χ2v) is 9.07. The van der Waals surface area contributed by atoms with Gasteiger partial charge in [0, 0.05) is 6.42 Å². The Labute approximate surface area is 184 Å². The predicted molar refractivity (Wildman–Crippen MR) is 117 cm³/mol. The van der Waals surface area contributed by atoms with Gasteiger partial charge in [-0.3, -0.25) is 14.1 Å². The van der Waals surface area contributed by atoms with Gasteiger partial charge in [0.05, 0.1) is 6.42 Å². The Kier molecular flexibility index (Phi) is 12.2. The highest BCUT2D eigenvalue weighted by molar-refractivity contribution is 7.87. The van der Waals surface area contributed by atoms with Crippen molar-refractivity contribution >= 4 is 22.1 Å². The van der Waals surface area contributed by atoms with E-state index in [1.165, 1.54) is 32.1 Å². The average molecular weight is 459 g/mol. The molecule has 31 heavy (non-hydrogen) atoms. The number of hydrogen-bond acceptors (Lipinski definition) is 6. The second-order valence-electron chi connectivity index (χ2n) is 7.47. The Bertz CT molecular complexity index is 790. The smallest absolute Gasteiger partial charge is 0.330 e. The lowest BCUT2D eigenvalue weighted by Crippen LogP contribution is -2.37. The van der Waals surface area contributed by atoms with Gasteiger partial charge < -0.3 is 14.6 Å². The number of ether oxygens (including phenoxy) is 2. The molecule has 2 unspecified atom stereocenters. The van der Waals surface area contributed by atoms with Crippen LogP contribution in [0.3, 0.4) is 0 Å². The van der Waals surface area contributed by atoms with Crippen LogP contribution in [0.5, 0.6) is 5.75 Å². The van der Waals surface area contributed by atoms with Crippen LogP contribution in [0.2, 0.25) is 0 Å². The number of aryl methyl sites for hydroxylation is 1. The van der Waals surface area contributed by atoms with Gasteiger partial charge in [0.2, 0.25) is 6.29 Å². The molecule has 0 amide bonds. The minimum atomic E-state index is -4.93. The third kappa shape index (κ3) is 10.6. The molecule has 8 nitrogen and oxygen atoms in total. The number of rotatable bonds is 16. The lowest BCUT2D eigenvalue weighted by atomic mass is 10.0. The number of esters is 1. The molecule has 0 heterocycles. The molecule has 0 aromatic heterocycles. The van der Waals surface area contributed by atoms with E-state index in [0.717, 1.165) is 24.8 Å². The maximum atomic E-state index is 12.2. The topological polar surface area (TPSA) is 127 Å². The van der Waals surface area contributed by atoms with E-state index in [9.17, 15) is 22.6 Å². The minimum Gasteiger partial charge on any atom is -0.481 e. The van der Waals surface area contributed by atoms with E-state index >= 15 is 0 Å². The van der Waals surface area contributed by atoms with Crippen LogP contribution < -0.4 is 4.74 Å². The summed E-state index contributed by atoms with van der Waals surface area (Å²) in [6.45, 7) is 3.86. The SMILES string of the molecule is CCCCCCCCCc1ccccc1OC(CC)OC(=O)C(CC(=O)O)S(=O)(=O)O. The molecular weight excluding hydrogens is 424 g/mol. The van der Waals surface area contributed by atoms with Crippen LogP contribution in [-0.4, -0.2) is 41.6 Å². The van der Waals surface area contributed by atoms with Crippen LogP contribution in [0.1, 0.15) is 77.2 Å². The van der Waals surface area contributed by atoms with Crippen molar-refractivity contribution in [2.24, 2.45) is 0 Å². The molecule has 2 atom stereocenters. The quantitative estimate of drug-likeness (QED) is 0.162. The van der Waals surface area contributed by atoms with Gasteiger partial charge in [-0.05, 0) is 24.5 Å². The van der Waals surface area contributed by atoms with Gasteiger partial charge in [0.1, 0.15) is 5.75 Å². The fourth-order valence-corrected chi connectivity index (χ4v) is 3.76. The Morgan fingerprint density at radius 3 is 2.19 bits per heavy atom. The van der Waals surface area contributed by atoms with E-state index in [4.69, 9.17) is 14.6 Å². The van der Waals surface area contributed by atoms with Gasteiger partial charge in [0.15, 0.2) is 5.25 Å². The lowest BCUT2D eigenvalue weighted by Gasteiger charge is -2.21. The molecule has 1 rings (SSSR count). The molecule has 0 radical (unpaired) electrons. The third-order valence-electron chi connectivity index (χ3n) is 4.84. The Balaban J connectivity index is 2.70. The molecule has 0 fully saturated rings. The van der Waals surface area contributed by atoms with Crippen LogP contribution in [0, 0.1) is 0 Å². The van der Waals surface area contributed by atoms with Crippen molar-refractivity contribution < 1.29 is 37.1 Å². The molecule has 2 N–H and O–H groups in total. The highest BCUT2D eigenvalue weighted by Gasteiger charge is 2.36. The van der Waals surface area contributed by atoms with Crippen molar-refractivity contribution in [2.45, 2.75) is 89.6 Å². The number of unbranched alkanes of at least 4 members (excludes halogenated alkanes) is 6. The van der Waals surface area contributed by atoms with Crippen molar-refractivity contribution in [3.05, 3.63) is 29.8 Å². The normalized spacial score (nSPS) is 13.4. The number of carbonyl (C=O) groups is 2. The Hall–Kier alpha value is -2.13. The number of carboxylic acid groups (broad SMARTS) is 1. The fraction of sp³-hybridized carbons (Fsp3) is 0.636. The molecule has 0 saturated carbocycles. The average Bonchev–Trinajstić information content (AvgIpc) is 2.70. The summed E-state index contributed by atoms with van der Waals surface area (Å²) in [6, 6.07) is 7.33. The fourth-order valence-electron chi connectivity index (χ4n) is 3.10. The van der Waals surface area contributed by atoms with Crippen molar-refractivity contribution in [2.75, 3.05) is 0 Å². The van der Waals surface area contributed by atoms with Crippen molar-refractivity contribution in [3.63, 3.8) is 0 Å². The summed E-state index contributed by atoms with van der Waals surface area (Å²) in [5.74, 6) is -2.38. The molecule has 0 aliphatic rings. The summed E-state index contributed by atoms with van der Waals surface area (Å²) in [5.41, 5.74) is 0.947. The maximum absolute atomic E-state index is 12.2. The van der Waals surface area contributed by atoms with Crippen LogP contribution in [-0.2, 0) is 30.9 Å². The second kappa shape index (κ2) is 14.0. The monoisotopic (exact) mass is 458 g/mol. The summed E-state index contributed by atoms with van der Waals surface area (Å²) in [7, 11) is -4.93. The number of carboxylic acids is 1. The lowest BCUT2D eigenvalue weighted by molar-refractivity contribution is -0.165. The summed E-state index contributed by atoms with van der Waals surface area (Å²) >= 11 is 0. The summed E-state index contributed by atoms with van der Waals surface area (Å²) in [5, 5.41) is 6.60. The Morgan fingerprint density at radius 1 is 1.00 bits per heavy atom. The molecule has 176 valence electrons.